The first-order valence-electron chi connectivity index (χ1n) is 21.0. The van der Waals surface area contributed by atoms with Crippen molar-refractivity contribution in [2.75, 3.05) is 13.3 Å². The Kier molecular flexibility index (Phi) is 19.3. The summed E-state index contributed by atoms with van der Waals surface area (Å²) in [6, 6.07) is 20.0. The highest BCUT2D eigenvalue weighted by Gasteiger charge is 2.34. The SMILES string of the molecule is CCCCC[C@@H](C(=O)NCNC(=O)c1ccc(-c2ccc(C(=O)N[C@@H](CC(C)=O)C(=O)OCc3ccccc3)c(OCC)c2)o1)[C@@H](CC)N(C=O)OC(=O)c1ccc(OC(C)=O)cc1. The number of nitrogens with zero attached hydrogens (tertiary/aromatic N) is 1. The van der Waals surface area contributed by atoms with Gasteiger partial charge in [-0.25, -0.2) is 9.59 Å². The average molecular weight is 883 g/mol. The quantitative estimate of drug-likeness (QED) is 0.0171. The summed E-state index contributed by atoms with van der Waals surface area (Å²) in [6.45, 7) is 7.87. The summed E-state index contributed by atoms with van der Waals surface area (Å²) in [6.07, 6.45) is 2.99. The number of amides is 4. The Morgan fingerprint density at radius 3 is 2.20 bits per heavy atom. The molecule has 0 unspecified atom stereocenters. The maximum atomic E-state index is 13.6. The summed E-state index contributed by atoms with van der Waals surface area (Å²) >= 11 is 0. The van der Waals surface area contributed by atoms with Crippen LogP contribution in [-0.2, 0) is 40.2 Å². The number of furan rings is 1. The summed E-state index contributed by atoms with van der Waals surface area (Å²) in [4.78, 5) is 107. The summed E-state index contributed by atoms with van der Waals surface area (Å²) in [5.41, 5.74) is 1.35. The topological polar surface area (TPSA) is 226 Å². The van der Waals surface area contributed by atoms with E-state index in [0.717, 1.165) is 23.5 Å². The second-order valence-electron chi connectivity index (χ2n) is 14.6. The van der Waals surface area contributed by atoms with Crippen molar-refractivity contribution in [3.63, 3.8) is 0 Å². The summed E-state index contributed by atoms with van der Waals surface area (Å²) in [5.74, 6) is -4.58. The Morgan fingerprint density at radius 2 is 1.56 bits per heavy atom. The lowest BCUT2D eigenvalue weighted by Crippen LogP contribution is -2.49. The molecule has 64 heavy (non-hydrogen) atoms. The molecule has 17 nitrogen and oxygen atoms in total. The van der Waals surface area contributed by atoms with Gasteiger partial charge >= 0.3 is 17.9 Å². The molecule has 0 aliphatic heterocycles. The molecule has 0 fully saturated rings. The Morgan fingerprint density at radius 1 is 0.828 bits per heavy atom. The highest BCUT2D eigenvalue weighted by atomic mass is 16.7. The zero-order valence-corrected chi connectivity index (χ0v) is 36.5. The zero-order chi connectivity index (χ0) is 46.6. The number of ketones is 1. The van der Waals surface area contributed by atoms with Crippen LogP contribution in [0.2, 0.25) is 0 Å². The van der Waals surface area contributed by atoms with Gasteiger partial charge in [0.2, 0.25) is 12.3 Å². The van der Waals surface area contributed by atoms with Crippen LogP contribution < -0.4 is 25.4 Å². The Balaban J connectivity index is 1.40. The predicted octanol–water partition coefficient (Wildman–Crippen LogP) is 6.10. The number of hydroxylamine groups is 2. The molecule has 4 amide bonds. The minimum atomic E-state index is -1.25. The number of nitrogens with one attached hydrogen (secondary N) is 3. The van der Waals surface area contributed by atoms with Gasteiger partial charge in [-0.15, -0.1) is 0 Å². The van der Waals surface area contributed by atoms with Gasteiger partial charge in [0.25, 0.3) is 11.8 Å². The van der Waals surface area contributed by atoms with Crippen LogP contribution in [0, 0.1) is 5.92 Å². The normalized spacial score (nSPS) is 12.1. The first kappa shape index (κ1) is 49.4. The largest absolute Gasteiger partial charge is 0.493 e. The fraction of sp³-hybridized carbons (Fsp3) is 0.362. The van der Waals surface area contributed by atoms with Crippen molar-refractivity contribution in [3.8, 4) is 22.8 Å². The van der Waals surface area contributed by atoms with Crippen LogP contribution in [0.1, 0.15) is 110 Å². The van der Waals surface area contributed by atoms with Gasteiger partial charge in [-0.05, 0) is 80.8 Å². The minimum absolute atomic E-state index is 0.0400. The van der Waals surface area contributed by atoms with Gasteiger partial charge in [-0.1, -0.05) is 69.5 Å². The molecule has 0 bridgehead atoms. The van der Waals surface area contributed by atoms with E-state index < -0.39 is 53.6 Å². The Hall–Kier alpha value is -7.30. The van der Waals surface area contributed by atoms with E-state index in [0.29, 0.717) is 24.8 Å². The van der Waals surface area contributed by atoms with E-state index in [-0.39, 0.29) is 72.7 Å². The van der Waals surface area contributed by atoms with Crippen LogP contribution in [0.15, 0.2) is 89.3 Å². The molecule has 3 atom stereocenters. The van der Waals surface area contributed by atoms with Crippen LogP contribution in [0.4, 0.5) is 0 Å². The predicted molar refractivity (Wildman–Crippen MR) is 231 cm³/mol. The van der Waals surface area contributed by atoms with E-state index in [2.05, 4.69) is 16.0 Å². The highest BCUT2D eigenvalue weighted by molar-refractivity contribution is 6.00. The van der Waals surface area contributed by atoms with E-state index in [1.807, 2.05) is 13.0 Å². The molecular weight excluding hydrogens is 829 g/mol. The number of hydrogen-bond acceptors (Lipinski definition) is 13. The number of carbonyl (C=O) groups is 8. The zero-order valence-electron chi connectivity index (χ0n) is 36.5. The van der Waals surface area contributed by atoms with Gasteiger partial charge in [0, 0.05) is 18.9 Å². The van der Waals surface area contributed by atoms with Crippen LogP contribution in [0.25, 0.3) is 11.3 Å². The van der Waals surface area contributed by atoms with Gasteiger partial charge in [0.1, 0.15) is 35.7 Å². The highest BCUT2D eigenvalue weighted by Crippen LogP contribution is 2.30. The number of unbranched alkanes of at least 4 members (excludes halogenated alkanes) is 2. The summed E-state index contributed by atoms with van der Waals surface area (Å²) in [7, 11) is 0. The maximum Gasteiger partial charge on any atom is 0.363 e. The molecule has 4 rings (SSSR count). The van der Waals surface area contributed by atoms with Crippen molar-refractivity contribution < 1.29 is 61.8 Å². The second kappa shape index (κ2) is 25.0. The first-order chi connectivity index (χ1) is 30.8. The lowest BCUT2D eigenvalue weighted by molar-refractivity contribution is -0.171. The molecule has 3 N–H and O–H groups in total. The van der Waals surface area contributed by atoms with E-state index in [1.165, 1.54) is 56.3 Å². The molecule has 1 heterocycles. The maximum absolute atomic E-state index is 13.6. The molecule has 0 aliphatic carbocycles. The number of rotatable bonds is 25. The van der Waals surface area contributed by atoms with Gasteiger partial charge < -0.3 is 39.4 Å². The van der Waals surface area contributed by atoms with Gasteiger partial charge in [-0.2, -0.15) is 5.06 Å². The van der Waals surface area contributed by atoms with E-state index >= 15 is 0 Å². The van der Waals surface area contributed by atoms with Crippen LogP contribution in [-0.4, -0.2) is 78.2 Å². The molecule has 0 spiro atoms. The summed E-state index contributed by atoms with van der Waals surface area (Å²) < 4.78 is 22.0. The fourth-order valence-electron chi connectivity index (χ4n) is 6.62. The van der Waals surface area contributed by atoms with Crippen LogP contribution in [0.5, 0.6) is 11.5 Å². The van der Waals surface area contributed by atoms with E-state index in [1.54, 1.807) is 50.2 Å². The van der Waals surface area contributed by atoms with Crippen molar-refractivity contribution >= 4 is 47.8 Å². The van der Waals surface area contributed by atoms with Crippen LogP contribution >= 0.6 is 0 Å². The lowest BCUT2D eigenvalue weighted by Gasteiger charge is -2.31. The van der Waals surface area contributed by atoms with E-state index in [4.69, 9.17) is 23.5 Å². The van der Waals surface area contributed by atoms with Crippen molar-refractivity contribution in [3.05, 3.63) is 107 Å². The molecule has 0 radical (unpaired) electrons. The number of esters is 2. The molecule has 0 saturated carbocycles. The molecule has 4 aromatic rings. The molecule has 0 saturated heterocycles. The minimum Gasteiger partial charge on any atom is -0.493 e. The standard InChI is InChI=1S/C47H54N4O13/c1-6-9-11-16-36(39(7-2)51(29-52)64-46(58)33-17-20-35(21-18-33)62-31(5)54)43(55)48-28-49-45(57)41-24-23-40(63-41)34-19-22-37(42(26-34)60-8-3)44(56)50-38(25-30(4)53)47(59)61-27-32-14-12-10-13-15-32/h10,12-15,17-24,26,29,36,38-39H,6-9,11,16,25,27-28H2,1-5H3,(H,48,55)(H,49,57)(H,50,56)/t36-,38+,39-/m1/s1. The van der Waals surface area contributed by atoms with Gasteiger partial charge in [0.05, 0.1) is 36.4 Å². The Bertz CT molecular complexity index is 2240. The average Bonchev–Trinajstić information content (AvgIpc) is 3.78. The lowest BCUT2D eigenvalue weighted by atomic mass is 9.90. The molecule has 1 aromatic heterocycles. The van der Waals surface area contributed by atoms with Crippen molar-refractivity contribution in [1.29, 1.82) is 0 Å². The number of ether oxygens (including phenoxy) is 3. The third-order valence-corrected chi connectivity index (χ3v) is 9.77. The van der Waals surface area contributed by atoms with Crippen LogP contribution in [0.3, 0.4) is 0 Å². The molecule has 0 aliphatic rings. The van der Waals surface area contributed by atoms with Crippen molar-refractivity contribution in [1.82, 2.24) is 21.0 Å². The monoisotopic (exact) mass is 882 g/mol. The first-order valence-corrected chi connectivity index (χ1v) is 21.0. The smallest absolute Gasteiger partial charge is 0.363 e. The molecule has 340 valence electrons. The summed E-state index contributed by atoms with van der Waals surface area (Å²) in [5, 5.41) is 8.71. The number of carbonyl (C=O) groups excluding carboxylic acids is 8. The molecule has 17 heteroatoms. The third-order valence-electron chi connectivity index (χ3n) is 9.77. The number of benzene rings is 3. The molecule has 3 aromatic carbocycles. The third kappa shape index (κ3) is 14.7. The number of Topliss-reactive ketones (excluding diaryl/α,β-unsaturated/α-hetero) is 1. The fourth-order valence-corrected chi connectivity index (χ4v) is 6.62. The van der Waals surface area contributed by atoms with Gasteiger partial charge in [0.15, 0.2) is 5.76 Å². The molecular formula is C47H54N4O13. The second-order valence-corrected chi connectivity index (χ2v) is 14.6. The Labute approximate surface area is 371 Å². The van der Waals surface area contributed by atoms with Gasteiger partial charge in [-0.3, -0.25) is 28.8 Å². The number of hydrogen-bond donors (Lipinski definition) is 3. The van der Waals surface area contributed by atoms with Crippen molar-refractivity contribution in [2.45, 2.75) is 91.8 Å². The van der Waals surface area contributed by atoms with Crippen molar-refractivity contribution in [2.24, 2.45) is 5.92 Å². The van der Waals surface area contributed by atoms with E-state index in [9.17, 15) is 38.4 Å².